The molecule has 0 saturated heterocycles. The third-order valence-electron chi connectivity index (χ3n) is 3.54. The minimum Gasteiger partial charge on any atom is -0.463 e. The van der Waals surface area contributed by atoms with E-state index in [0.29, 0.717) is 37.1 Å². The van der Waals surface area contributed by atoms with Crippen LogP contribution in [-0.2, 0) is 23.1 Å². The minimum absolute atomic E-state index is 0.0154. The van der Waals surface area contributed by atoms with Crippen LogP contribution in [-0.4, -0.2) is 25.8 Å². The van der Waals surface area contributed by atoms with Gasteiger partial charge in [-0.15, -0.1) is 0 Å². The molecule has 0 spiro atoms. The van der Waals surface area contributed by atoms with E-state index in [9.17, 15) is 9.36 Å². The van der Waals surface area contributed by atoms with E-state index in [2.05, 4.69) is 0 Å². The second kappa shape index (κ2) is 6.25. The summed E-state index contributed by atoms with van der Waals surface area (Å²) in [5.74, 6) is -0.220. The molecule has 0 aliphatic heterocycles. The molecule has 0 aromatic heterocycles. The predicted octanol–water partition coefficient (Wildman–Crippen LogP) is 3.28. The van der Waals surface area contributed by atoms with Crippen molar-refractivity contribution in [3.05, 3.63) is 23.0 Å². The fraction of sp³-hybridized carbons (Fsp3) is 0.643. The Bertz CT molecular complexity index is 484. The maximum Gasteiger partial charge on any atom is 0.357 e. The van der Waals surface area contributed by atoms with Crippen molar-refractivity contribution in [2.45, 2.75) is 27.2 Å². The van der Waals surface area contributed by atoms with E-state index in [1.54, 1.807) is 20.8 Å². The Balaban J connectivity index is 2.14. The molecule has 0 aromatic rings. The lowest BCUT2D eigenvalue weighted by Crippen LogP contribution is -2.29. The third-order valence-corrected chi connectivity index (χ3v) is 5.85. The summed E-state index contributed by atoms with van der Waals surface area (Å²) in [6.07, 6.45) is 4.41. The molecule has 0 heterocycles. The van der Waals surface area contributed by atoms with Crippen molar-refractivity contribution in [1.82, 2.24) is 0 Å². The van der Waals surface area contributed by atoms with Gasteiger partial charge in [0.05, 0.1) is 19.8 Å². The Labute approximate surface area is 119 Å². The zero-order valence-corrected chi connectivity index (χ0v) is 13.0. The van der Waals surface area contributed by atoms with Crippen molar-refractivity contribution in [3.63, 3.8) is 0 Å². The van der Waals surface area contributed by atoms with E-state index < -0.39 is 7.60 Å². The summed E-state index contributed by atoms with van der Waals surface area (Å²) in [7, 11) is -3.22. The minimum atomic E-state index is -3.22. The Morgan fingerprint density at radius 2 is 1.90 bits per heavy atom. The maximum atomic E-state index is 12.7. The van der Waals surface area contributed by atoms with Crippen molar-refractivity contribution in [2.75, 3.05) is 19.8 Å². The van der Waals surface area contributed by atoms with E-state index in [1.165, 1.54) is 0 Å². The van der Waals surface area contributed by atoms with Crippen LogP contribution >= 0.6 is 7.60 Å². The van der Waals surface area contributed by atoms with Crippen LogP contribution in [0.15, 0.2) is 23.0 Å². The van der Waals surface area contributed by atoms with Crippen LogP contribution in [0.3, 0.4) is 0 Å². The Morgan fingerprint density at radius 1 is 1.25 bits per heavy atom. The van der Waals surface area contributed by atoms with Gasteiger partial charge >= 0.3 is 13.6 Å². The van der Waals surface area contributed by atoms with Gasteiger partial charge in [0, 0.05) is 22.7 Å². The SMILES string of the molecule is CCOC(=O)C1=C[C@H]2C(P(=O)(OCC)OCC)=CC[C@@H]12. The molecule has 2 aliphatic carbocycles. The standard InChI is InChI=1S/C14H21O5P/c1-4-17-14(15)12-9-11-10(12)7-8-13(11)20(16,18-5-2)19-6-3/h8-11H,4-7H2,1-3H3/t10-,11-/m1/s1. The largest absolute Gasteiger partial charge is 0.463 e. The number of carbonyl (C=O) groups excluding carboxylic acids is 1. The molecular formula is C14H21O5P. The van der Waals surface area contributed by atoms with Crippen LogP contribution in [0.25, 0.3) is 0 Å². The molecule has 112 valence electrons. The van der Waals surface area contributed by atoms with Crippen molar-refractivity contribution >= 4 is 13.6 Å². The summed E-state index contributed by atoms with van der Waals surface area (Å²) < 4.78 is 28.5. The van der Waals surface area contributed by atoms with Gasteiger partial charge < -0.3 is 13.8 Å². The first-order valence-electron chi connectivity index (χ1n) is 7.05. The molecule has 0 bridgehead atoms. The maximum absolute atomic E-state index is 12.7. The smallest absolute Gasteiger partial charge is 0.357 e. The van der Waals surface area contributed by atoms with Gasteiger partial charge in [0.2, 0.25) is 0 Å². The highest BCUT2D eigenvalue weighted by Crippen LogP contribution is 2.65. The highest BCUT2D eigenvalue weighted by molar-refractivity contribution is 7.58. The number of hydrogen-bond donors (Lipinski definition) is 0. The average Bonchev–Trinajstić information content (AvgIpc) is 2.68. The van der Waals surface area contributed by atoms with Gasteiger partial charge in [0.15, 0.2) is 0 Å². The normalized spacial score (nSPS) is 24.6. The first-order valence-corrected chi connectivity index (χ1v) is 8.60. The van der Waals surface area contributed by atoms with Gasteiger partial charge in [-0.1, -0.05) is 12.2 Å². The van der Waals surface area contributed by atoms with Crippen molar-refractivity contribution in [1.29, 1.82) is 0 Å². The zero-order valence-electron chi connectivity index (χ0n) is 12.1. The van der Waals surface area contributed by atoms with Crippen molar-refractivity contribution in [3.8, 4) is 0 Å². The van der Waals surface area contributed by atoms with E-state index in [-0.39, 0.29) is 17.8 Å². The van der Waals surface area contributed by atoms with E-state index in [0.717, 1.165) is 0 Å². The molecule has 0 unspecified atom stereocenters. The summed E-state index contributed by atoms with van der Waals surface area (Å²) in [5.41, 5.74) is 0.683. The van der Waals surface area contributed by atoms with E-state index in [4.69, 9.17) is 13.8 Å². The molecule has 20 heavy (non-hydrogen) atoms. The van der Waals surface area contributed by atoms with Gasteiger partial charge in [-0.25, -0.2) is 4.79 Å². The molecule has 0 saturated carbocycles. The molecule has 0 N–H and O–H groups in total. The monoisotopic (exact) mass is 300 g/mol. The lowest BCUT2D eigenvalue weighted by molar-refractivity contribution is -0.139. The second-order valence-corrected chi connectivity index (χ2v) is 6.70. The second-order valence-electron chi connectivity index (χ2n) is 4.67. The van der Waals surface area contributed by atoms with Crippen LogP contribution in [0, 0.1) is 11.8 Å². The van der Waals surface area contributed by atoms with E-state index in [1.807, 2.05) is 12.2 Å². The zero-order chi connectivity index (χ0) is 14.8. The number of rotatable bonds is 7. The molecular weight excluding hydrogens is 279 g/mol. The summed E-state index contributed by atoms with van der Waals surface area (Å²) in [5, 5.41) is 0.694. The molecule has 6 heteroatoms. The molecule has 2 aliphatic rings. The highest BCUT2D eigenvalue weighted by atomic mass is 31.2. The number of carbonyl (C=O) groups is 1. The molecule has 2 atom stereocenters. The summed E-state index contributed by atoms with van der Waals surface area (Å²) in [4.78, 5) is 11.7. The number of allylic oxidation sites excluding steroid dienone is 3. The lowest BCUT2D eigenvalue weighted by atomic mass is 9.76. The number of hydrogen-bond acceptors (Lipinski definition) is 5. The van der Waals surface area contributed by atoms with Gasteiger partial charge in [-0.05, 0) is 27.2 Å². The lowest BCUT2D eigenvalue weighted by Gasteiger charge is -2.32. The molecule has 0 amide bonds. The van der Waals surface area contributed by atoms with E-state index >= 15 is 0 Å². The van der Waals surface area contributed by atoms with Crippen LogP contribution in [0.5, 0.6) is 0 Å². The van der Waals surface area contributed by atoms with Crippen LogP contribution in [0.4, 0.5) is 0 Å². The Morgan fingerprint density at radius 3 is 2.45 bits per heavy atom. The Hall–Kier alpha value is -0.900. The number of ether oxygens (including phenoxy) is 1. The molecule has 5 nitrogen and oxygen atoms in total. The quantitative estimate of drug-likeness (QED) is 0.533. The van der Waals surface area contributed by atoms with Crippen molar-refractivity contribution < 1.29 is 23.1 Å². The molecule has 0 radical (unpaired) electrons. The van der Waals surface area contributed by atoms with Crippen LogP contribution < -0.4 is 0 Å². The molecule has 2 rings (SSSR count). The molecule has 0 fully saturated rings. The van der Waals surface area contributed by atoms with Crippen LogP contribution in [0.1, 0.15) is 27.2 Å². The number of fused-ring (bicyclic) bond motifs is 1. The van der Waals surface area contributed by atoms with Gasteiger partial charge in [0.1, 0.15) is 0 Å². The Kier molecular flexibility index (Phi) is 4.84. The van der Waals surface area contributed by atoms with Gasteiger partial charge in [-0.2, -0.15) is 0 Å². The first kappa shape index (κ1) is 15.5. The predicted molar refractivity (Wildman–Crippen MR) is 75.3 cm³/mol. The summed E-state index contributed by atoms with van der Waals surface area (Å²) in [6.45, 7) is 6.40. The van der Waals surface area contributed by atoms with Crippen molar-refractivity contribution in [2.24, 2.45) is 11.8 Å². The third kappa shape index (κ3) is 2.62. The first-order chi connectivity index (χ1) is 9.57. The molecule has 0 aromatic carbocycles. The average molecular weight is 300 g/mol. The summed E-state index contributed by atoms with van der Waals surface area (Å²) >= 11 is 0. The topological polar surface area (TPSA) is 61.8 Å². The number of esters is 1. The van der Waals surface area contributed by atoms with Gasteiger partial charge in [-0.3, -0.25) is 4.57 Å². The highest BCUT2D eigenvalue weighted by Gasteiger charge is 2.48. The fourth-order valence-electron chi connectivity index (χ4n) is 2.71. The summed E-state index contributed by atoms with van der Waals surface area (Å²) in [6, 6.07) is 0. The van der Waals surface area contributed by atoms with Crippen LogP contribution in [0.2, 0.25) is 0 Å². The van der Waals surface area contributed by atoms with Gasteiger partial charge in [0.25, 0.3) is 0 Å². The fourth-order valence-corrected chi connectivity index (χ4v) is 4.71.